The van der Waals surface area contributed by atoms with Crippen molar-refractivity contribution in [1.29, 1.82) is 0 Å². The van der Waals surface area contributed by atoms with Crippen molar-refractivity contribution in [2.75, 3.05) is 26.7 Å². The molecule has 0 aromatic heterocycles. The summed E-state index contributed by atoms with van der Waals surface area (Å²) in [5.41, 5.74) is -0.0309. The number of hydrogen-bond donors (Lipinski definition) is 2. The van der Waals surface area contributed by atoms with Crippen molar-refractivity contribution in [3.63, 3.8) is 0 Å². The molecule has 3 nitrogen and oxygen atoms in total. The van der Waals surface area contributed by atoms with Gasteiger partial charge in [-0.15, -0.1) is 0 Å². The highest BCUT2D eigenvalue weighted by atomic mass is 16.3. The van der Waals surface area contributed by atoms with Crippen LogP contribution < -0.4 is 5.32 Å². The van der Waals surface area contributed by atoms with Gasteiger partial charge in [0.05, 0.1) is 6.10 Å². The largest absolute Gasteiger partial charge is 0.391 e. The van der Waals surface area contributed by atoms with Gasteiger partial charge < -0.3 is 10.4 Å². The van der Waals surface area contributed by atoms with Gasteiger partial charge in [0, 0.05) is 25.2 Å². The molecule has 1 fully saturated rings. The maximum Gasteiger partial charge on any atom is 0.0730 e. The Hall–Kier alpha value is -0.120. The lowest BCUT2D eigenvalue weighted by atomic mass is 9.99. The normalized spacial score (nSPS) is 29.5. The quantitative estimate of drug-likeness (QED) is 0.631. The van der Waals surface area contributed by atoms with E-state index in [0.717, 1.165) is 26.1 Å². The zero-order valence-electron chi connectivity index (χ0n) is 8.30. The Morgan fingerprint density at radius 2 is 2.25 bits per heavy atom. The molecule has 1 aliphatic rings. The summed E-state index contributed by atoms with van der Waals surface area (Å²) in [4.78, 5) is 2.34. The average molecular weight is 172 g/mol. The summed E-state index contributed by atoms with van der Waals surface area (Å²) in [6.45, 7) is 7.27. The fourth-order valence-electron chi connectivity index (χ4n) is 1.78. The van der Waals surface area contributed by atoms with Crippen molar-refractivity contribution < 1.29 is 5.11 Å². The Balaban J connectivity index is 2.44. The molecule has 2 N–H and O–H groups in total. The minimum Gasteiger partial charge on any atom is -0.391 e. The summed E-state index contributed by atoms with van der Waals surface area (Å²) in [5.74, 6) is 0. The number of rotatable bonds is 3. The zero-order valence-corrected chi connectivity index (χ0v) is 8.30. The van der Waals surface area contributed by atoms with Crippen LogP contribution in [0.4, 0.5) is 0 Å². The van der Waals surface area contributed by atoms with Crippen LogP contribution in [-0.2, 0) is 0 Å². The van der Waals surface area contributed by atoms with E-state index in [4.69, 9.17) is 0 Å². The van der Waals surface area contributed by atoms with E-state index >= 15 is 0 Å². The van der Waals surface area contributed by atoms with Gasteiger partial charge in [-0.05, 0) is 27.3 Å². The predicted octanol–water partition coefficient (Wildman–Crippen LogP) is 0.0510. The van der Waals surface area contributed by atoms with Crippen molar-refractivity contribution >= 4 is 0 Å². The topological polar surface area (TPSA) is 35.5 Å². The maximum atomic E-state index is 9.66. The minimum absolute atomic E-state index is 0.0309. The lowest BCUT2D eigenvalue weighted by Gasteiger charge is -2.33. The monoisotopic (exact) mass is 172 g/mol. The SMILES string of the molecule is CNCCN1CCC(O)C1(C)C. The standard InChI is InChI=1S/C9H20N2O/c1-9(2)8(12)4-6-11(9)7-5-10-3/h8,10,12H,4-7H2,1-3H3. The first-order chi connectivity index (χ1) is 5.59. The molecular weight excluding hydrogens is 152 g/mol. The molecule has 0 bridgehead atoms. The van der Waals surface area contributed by atoms with Crippen LogP contribution in [0.1, 0.15) is 20.3 Å². The highest BCUT2D eigenvalue weighted by Gasteiger charge is 2.39. The number of nitrogens with one attached hydrogen (secondary N) is 1. The molecular formula is C9H20N2O. The van der Waals surface area contributed by atoms with Crippen LogP contribution in [-0.4, -0.2) is 48.3 Å². The molecule has 12 heavy (non-hydrogen) atoms. The van der Waals surface area contributed by atoms with Crippen LogP contribution in [0.2, 0.25) is 0 Å². The van der Waals surface area contributed by atoms with E-state index < -0.39 is 0 Å². The summed E-state index contributed by atoms with van der Waals surface area (Å²) in [5, 5.41) is 12.8. The van der Waals surface area contributed by atoms with Gasteiger partial charge in [-0.2, -0.15) is 0 Å². The summed E-state index contributed by atoms with van der Waals surface area (Å²) < 4.78 is 0. The second kappa shape index (κ2) is 3.73. The molecule has 0 radical (unpaired) electrons. The number of aliphatic hydroxyl groups is 1. The second-order valence-electron chi connectivity index (χ2n) is 4.05. The van der Waals surface area contributed by atoms with Crippen LogP contribution >= 0.6 is 0 Å². The molecule has 1 atom stereocenters. The van der Waals surface area contributed by atoms with Crippen molar-refractivity contribution in [2.45, 2.75) is 31.9 Å². The Bertz CT molecular complexity index is 147. The highest BCUT2D eigenvalue weighted by molar-refractivity contribution is 4.95. The molecule has 1 heterocycles. The van der Waals surface area contributed by atoms with Gasteiger partial charge in [0.25, 0.3) is 0 Å². The fourth-order valence-corrected chi connectivity index (χ4v) is 1.78. The van der Waals surface area contributed by atoms with E-state index in [0.29, 0.717) is 0 Å². The van der Waals surface area contributed by atoms with Gasteiger partial charge >= 0.3 is 0 Å². The van der Waals surface area contributed by atoms with Crippen LogP contribution in [0.15, 0.2) is 0 Å². The van der Waals surface area contributed by atoms with E-state index in [1.54, 1.807) is 0 Å². The molecule has 0 aromatic carbocycles. The van der Waals surface area contributed by atoms with E-state index in [1.807, 2.05) is 7.05 Å². The Labute approximate surface area is 74.8 Å². The van der Waals surface area contributed by atoms with E-state index in [9.17, 15) is 5.11 Å². The van der Waals surface area contributed by atoms with Gasteiger partial charge in [-0.3, -0.25) is 4.90 Å². The molecule has 0 amide bonds. The fraction of sp³-hybridized carbons (Fsp3) is 1.00. The predicted molar refractivity (Wildman–Crippen MR) is 50.2 cm³/mol. The van der Waals surface area contributed by atoms with Crippen molar-refractivity contribution in [2.24, 2.45) is 0 Å². The van der Waals surface area contributed by atoms with Crippen LogP contribution in [0.5, 0.6) is 0 Å². The Morgan fingerprint density at radius 3 is 2.67 bits per heavy atom. The summed E-state index contributed by atoms with van der Waals surface area (Å²) >= 11 is 0. The van der Waals surface area contributed by atoms with Crippen LogP contribution in [0.25, 0.3) is 0 Å². The van der Waals surface area contributed by atoms with E-state index in [1.165, 1.54) is 0 Å². The molecule has 0 aromatic rings. The maximum absolute atomic E-state index is 9.66. The molecule has 1 rings (SSSR count). The van der Waals surface area contributed by atoms with Crippen molar-refractivity contribution in [3.8, 4) is 0 Å². The molecule has 0 aliphatic carbocycles. The van der Waals surface area contributed by atoms with Gasteiger partial charge in [-0.25, -0.2) is 0 Å². The second-order valence-corrected chi connectivity index (χ2v) is 4.05. The van der Waals surface area contributed by atoms with E-state index in [2.05, 4.69) is 24.1 Å². The Morgan fingerprint density at radius 1 is 1.58 bits per heavy atom. The molecule has 1 saturated heterocycles. The number of hydrogen-bond acceptors (Lipinski definition) is 3. The van der Waals surface area contributed by atoms with Gasteiger partial charge in [0.1, 0.15) is 0 Å². The number of likely N-dealkylation sites (N-methyl/N-ethyl adjacent to an activating group) is 1. The minimum atomic E-state index is -0.158. The first-order valence-corrected chi connectivity index (χ1v) is 4.66. The summed E-state index contributed by atoms with van der Waals surface area (Å²) in [7, 11) is 1.96. The third-order valence-corrected chi connectivity index (χ3v) is 2.93. The molecule has 3 heteroatoms. The zero-order chi connectivity index (χ0) is 9.19. The number of likely N-dealkylation sites (tertiary alicyclic amines) is 1. The van der Waals surface area contributed by atoms with Crippen LogP contribution in [0, 0.1) is 0 Å². The van der Waals surface area contributed by atoms with E-state index in [-0.39, 0.29) is 11.6 Å². The first-order valence-electron chi connectivity index (χ1n) is 4.66. The van der Waals surface area contributed by atoms with Gasteiger partial charge in [0.15, 0.2) is 0 Å². The molecule has 0 saturated carbocycles. The van der Waals surface area contributed by atoms with Gasteiger partial charge in [0.2, 0.25) is 0 Å². The molecule has 1 unspecified atom stereocenters. The van der Waals surface area contributed by atoms with Gasteiger partial charge in [-0.1, -0.05) is 0 Å². The van der Waals surface area contributed by atoms with Crippen molar-refractivity contribution in [1.82, 2.24) is 10.2 Å². The third-order valence-electron chi connectivity index (χ3n) is 2.93. The van der Waals surface area contributed by atoms with Crippen LogP contribution in [0.3, 0.4) is 0 Å². The number of nitrogens with zero attached hydrogens (tertiary/aromatic N) is 1. The smallest absolute Gasteiger partial charge is 0.0730 e. The number of aliphatic hydroxyl groups excluding tert-OH is 1. The lowest BCUT2D eigenvalue weighted by molar-refractivity contribution is 0.0555. The lowest BCUT2D eigenvalue weighted by Crippen LogP contribution is -2.47. The molecule has 72 valence electrons. The average Bonchev–Trinajstić information content (AvgIpc) is 2.25. The third kappa shape index (κ3) is 1.79. The summed E-state index contributed by atoms with van der Waals surface area (Å²) in [6, 6.07) is 0. The highest BCUT2D eigenvalue weighted by Crippen LogP contribution is 2.27. The Kier molecular flexibility index (Phi) is 3.09. The molecule has 0 spiro atoms. The first kappa shape index (κ1) is 9.96. The summed E-state index contributed by atoms with van der Waals surface area (Å²) in [6.07, 6.45) is 0.755. The van der Waals surface area contributed by atoms with Crippen molar-refractivity contribution in [3.05, 3.63) is 0 Å². The molecule has 1 aliphatic heterocycles.